The van der Waals surface area contributed by atoms with E-state index in [-0.39, 0.29) is 12.7 Å². The van der Waals surface area contributed by atoms with Gasteiger partial charge in [-0.1, -0.05) is 6.07 Å². The van der Waals surface area contributed by atoms with Crippen LogP contribution in [-0.2, 0) is 17.6 Å². The lowest BCUT2D eigenvalue weighted by Crippen LogP contribution is -2.29. The molecule has 0 spiro atoms. The van der Waals surface area contributed by atoms with Crippen molar-refractivity contribution in [1.82, 2.24) is 0 Å². The number of carbonyl (C=O) groups is 1. The van der Waals surface area contributed by atoms with Crippen molar-refractivity contribution in [3.05, 3.63) is 47.5 Å². The third kappa shape index (κ3) is 3.11. The first-order chi connectivity index (χ1) is 13.3. The number of rotatable bonds is 4. The molecule has 5 nitrogen and oxygen atoms in total. The number of nitrogens with zero attached hydrogens (tertiary/aromatic N) is 2. The van der Waals surface area contributed by atoms with Gasteiger partial charge in [-0.15, -0.1) is 0 Å². The third-order valence-corrected chi connectivity index (χ3v) is 5.80. The van der Waals surface area contributed by atoms with E-state index in [4.69, 9.17) is 9.47 Å². The van der Waals surface area contributed by atoms with Gasteiger partial charge in [-0.3, -0.25) is 4.79 Å². The first-order valence-corrected chi connectivity index (χ1v) is 9.85. The van der Waals surface area contributed by atoms with E-state index >= 15 is 0 Å². The predicted octanol–water partition coefficient (Wildman–Crippen LogP) is 3.54. The zero-order chi connectivity index (χ0) is 18.2. The highest BCUT2D eigenvalue weighted by molar-refractivity contribution is 5.96. The van der Waals surface area contributed by atoms with Gasteiger partial charge in [0.15, 0.2) is 11.5 Å². The molecule has 2 aromatic carbocycles. The molecule has 0 aliphatic carbocycles. The second-order valence-electron chi connectivity index (χ2n) is 7.49. The number of benzene rings is 2. The van der Waals surface area contributed by atoms with Crippen LogP contribution in [0.15, 0.2) is 36.4 Å². The van der Waals surface area contributed by atoms with Gasteiger partial charge in [0.05, 0.1) is 0 Å². The van der Waals surface area contributed by atoms with E-state index < -0.39 is 0 Å². The molecule has 0 N–H and O–H groups in total. The van der Waals surface area contributed by atoms with Gasteiger partial charge >= 0.3 is 0 Å². The van der Waals surface area contributed by atoms with Crippen LogP contribution in [-0.4, -0.2) is 32.3 Å². The summed E-state index contributed by atoms with van der Waals surface area (Å²) in [6.07, 6.45) is 4.73. The standard InChI is InChI=1S/C22H24N2O3/c25-22(8-4-16-3-7-20-21(13-16)27-15-26-20)24-12-9-17-14-18(5-6-19(17)24)23-10-1-2-11-23/h3,5-7,13-14H,1-2,4,8-12,15H2. The smallest absolute Gasteiger partial charge is 0.231 e. The lowest BCUT2D eigenvalue weighted by molar-refractivity contribution is -0.118. The monoisotopic (exact) mass is 364 g/mol. The van der Waals surface area contributed by atoms with E-state index in [1.165, 1.54) is 24.1 Å². The predicted molar refractivity (Wildman–Crippen MR) is 105 cm³/mol. The van der Waals surface area contributed by atoms with Crippen molar-refractivity contribution in [3.8, 4) is 11.5 Å². The van der Waals surface area contributed by atoms with Crippen LogP contribution in [0.2, 0.25) is 0 Å². The quantitative estimate of drug-likeness (QED) is 0.832. The molecule has 3 heterocycles. The maximum Gasteiger partial charge on any atom is 0.231 e. The Morgan fingerprint density at radius 1 is 0.963 bits per heavy atom. The molecule has 5 heteroatoms. The SMILES string of the molecule is O=C(CCc1ccc2c(c1)OCO2)N1CCc2cc(N3CCCC3)ccc21. The molecule has 1 saturated heterocycles. The Balaban J connectivity index is 1.25. The molecular weight excluding hydrogens is 340 g/mol. The lowest BCUT2D eigenvalue weighted by atomic mass is 10.1. The van der Waals surface area contributed by atoms with Gasteiger partial charge in [-0.2, -0.15) is 0 Å². The maximum absolute atomic E-state index is 12.8. The lowest BCUT2D eigenvalue weighted by Gasteiger charge is -2.21. The Bertz CT molecular complexity index is 874. The minimum absolute atomic E-state index is 0.195. The summed E-state index contributed by atoms with van der Waals surface area (Å²) >= 11 is 0. The Labute approximate surface area is 159 Å². The number of amides is 1. The molecule has 0 bridgehead atoms. The first kappa shape index (κ1) is 16.5. The molecule has 0 aromatic heterocycles. The van der Waals surface area contributed by atoms with Gasteiger partial charge < -0.3 is 19.3 Å². The molecule has 2 aromatic rings. The molecule has 0 atom stereocenters. The van der Waals surface area contributed by atoms with Gasteiger partial charge in [-0.05, 0) is 67.1 Å². The summed E-state index contributed by atoms with van der Waals surface area (Å²) in [5, 5.41) is 0. The Morgan fingerprint density at radius 2 is 1.81 bits per heavy atom. The average molecular weight is 364 g/mol. The van der Waals surface area contributed by atoms with E-state index in [0.29, 0.717) is 12.8 Å². The number of hydrogen-bond acceptors (Lipinski definition) is 4. The van der Waals surface area contributed by atoms with Crippen LogP contribution in [0, 0.1) is 0 Å². The van der Waals surface area contributed by atoms with Crippen LogP contribution < -0.4 is 19.3 Å². The van der Waals surface area contributed by atoms with Crippen molar-refractivity contribution in [3.63, 3.8) is 0 Å². The molecular formula is C22H24N2O3. The van der Waals surface area contributed by atoms with E-state index in [9.17, 15) is 4.79 Å². The van der Waals surface area contributed by atoms with Gasteiger partial charge in [0.2, 0.25) is 12.7 Å². The molecule has 3 aliphatic heterocycles. The second kappa shape index (κ2) is 6.80. The average Bonchev–Trinajstić information content (AvgIpc) is 3.45. The summed E-state index contributed by atoms with van der Waals surface area (Å²) in [7, 11) is 0. The molecule has 0 radical (unpaired) electrons. The Morgan fingerprint density at radius 3 is 2.70 bits per heavy atom. The molecule has 0 unspecified atom stereocenters. The maximum atomic E-state index is 12.8. The van der Waals surface area contributed by atoms with Crippen molar-refractivity contribution >= 4 is 17.3 Å². The number of carbonyl (C=O) groups excluding carboxylic acids is 1. The zero-order valence-electron chi connectivity index (χ0n) is 15.4. The molecule has 140 valence electrons. The van der Waals surface area contributed by atoms with Crippen molar-refractivity contribution in [2.45, 2.75) is 32.1 Å². The van der Waals surface area contributed by atoms with Gasteiger partial charge in [0.25, 0.3) is 0 Å². The number of fused-ring (bicyclic) bond motifs is 2. The van der Waals surface area contributed by atoms with Crippen LogP contribution in [0.4, 0.5) is 11.4 Å². The highest BCUT2D eigenvalue weighted by Crippen LogP contribution is 2.34. The van der Waals surface area contributed by atoms with E-state index in [1.807, 2.05) is 23.1 Å². The molecule has 0 saturated carbocycles. The first-order valence-electron chi connectivity index (χ1n) is 9.85. The highest BCUT2D eigenvalue weighted by Gasteiger charge is 2.25. The molecule has 27 heavy (non-hydrogen) atoms. The summed E-state index contributed by atoms with van der Waals surface area (Å²) < 4.78 is 10.8. The summed E-state index contributed by atoms with van der Waals surface area (Å²) in [6.45, 7) is 3.37. The van der Waals surface area contributed by atoms with Gasteiger partial charge in [0, 0.05) is 37.4 Å². The zero-order valence-corrected chi connectivity index (χ0v) is 15.4. The van der Waals surface area contributed by atoms with Crippen LogP contribution in [0.5, 0.6) is 11.5 Å². The van der Waals surface area contributed by atoms with Gasteiger partial charge in [0.1, 0.15) is 0 Å². The Kier molecular flexibility index (Phi) is 4.15. The number of aryl methyl sites for hydroxylation is 1. The molecule has 1 amide bonds. The van der Waals surface area contributed by atoms with Crippen LogP contribution in [0.25, 0.3) is 0 Å². The minimum Gasteiger partial charge on any atom is -0.454 e. The Hall–Kier alpha value is -2.69. The van der Waals surface area contributed by atoms with Crippen molar-refractivity contribution in [2.24, 2.45) is 0 Å². The number of ether oxygens (including phenoxy) is 2. The van der Waals surface area contributed by atoms with Crippen molar-refractivity contribution in [1.29, 1.82) is 0 Å². The van der Waals surface area contributed by atoms with Crippen LogP contribution >= 0.6 is 0 Å². The molecule has 5 rings (SSSR count). The number of anilines is 2. The van der Waals surface area contributed by atoms with E-state index in [0.717, 1.165) is 48.8 Å². The van der Waals surface area contributed by atoms with Gasteiger partial charge in [-0.25, -0.2) is 0 Å². The summed E-state index contributed by atoms with van der Waals surface area (Å²) in [5.74, 6) is 1.76. The fourth-order valence-electron chi connectivity index (χ4n) is 4.30. The van der Waals surface area contributed by atoms with Crippen LogP contribution in [0.3, 0.4) is 0 Å². The topological polar surface area (TPSA) is 42.0 Å². The molecule has 3 aliphatic rings. The largest absolute Gasteiger partial charge is 0.454 e. The van der Waals surface area contributed by atoms with E-state index in [1.54, 1.807) is 0 Å². The minimum atomic E-state index is 0.195. The summed E-state index contributed by atoms with van der Waals surface area (Å²) in [5.41, 5.74) is 4.81. The van der Waals surface area contributed by atoms with Crippen molar-refractivity contribution in [2.75, 3.05) is 36.2 Å². The third-order valence-electron chi connectivity index (χ3n) is 5.80. The fraction of sp³-hybridized carbons (Fsp3) is 0.409. The normalized spacial score (nSPS) is 17.5. The summed E-state index contributed by atoms with van der Waals surface area (Å²) in [4.78, 5) is 17.2. The van der Waals surface area contributed by atoms with Crippen LogP contribution in [0.1, 0.15) is 30.4 Å². The summed E-state index contributed by atoms with van der Waals surface area (Å²) in [6, 6.07) is 12.5. The molecule has 1 fully saturated rings. The number of hydrogen-bond donors (Lipinski definition) is 0. The second-order valence-corrected chi connectivity index (χ2v) is 7.49. The fourth-order valence-corrected chi connectivity index (χ4v) is 4.30. The van der Waals surface area contributed by atoms with E-state index in [2.05, 4.69) is 23.1 Å². The highest BCUT2D eigenvalue weighted by atomic mass is 16.7. The van der Waals surface area contributed by atoms with Crippen molar-refractivity contribution < 1.29 is 14.3 Å².